The topological polar surface area (TPSA) is 42.4 Å². The van der Waals surface area contributed by atoms with Gasteiger partial charge in [-0.25, -0.2) is 0 Å². The van der Waals surface area contributed by atoms with Crippen LogP contribution in [-0.4, -0.2) is 42.1 Å². The molecular weight excluding hydrogens is 228 g/mol. The van der Waals surface area contributed by atoms with Gasteiger partial charge in [-0.3, -0.25) is 9.78 Å². The van der Waals surface area contributed by atoms with Crippen molar-refractivity contribution >= 4 is 16.7 Å². The van der Waals surface area contributed by atoms with Gasteiger partial charge in [0.1, 0.15) is 0 Å². The first-order valence-corrected chi connectivity index (χ1v) is 6.06. The third kappa shape index (κ3) is 1.95. The maximum Gasteiger partial charge on any atom is 0.254 e. The highest BCUT2D eigenvalue weighted by Crippen LogP contribution is 2.19. The number of pyridine rings is 1. The van der Waals surface area contributed by atoms with Gasteiger partial charge >= 0.3 is 0 Å². The van der Waals surface area contributed by atoms with E-state index in [9.17, 15) is 4.79 Å². The van der Waals surface area contributed by atoms with Crippen molar-refractivity contribution < 1.29 is 9.53 Å². The minimum absolute atomic E-state index is 0.0788. The number of fused-ring (bicyclic) bond motifs is 1. The van der Waals surface area contributed by atoms with Crippen LogP contribution in [0.1, 0.15) is 10.4 Å². The summed E-state index contributed by atoms with van der Waals surface area (Å²) in [5, 5.41) is 1.96. The molecule has 1 saturated heterocycles. The van der Waals surface area contributed by atoms with Gasteiger partial charge < -0.3 is 9.64 Å². The van der Waals surface area contributed by atoms with Crippen LogP contribution in [0.4, 0.5) is 0 Å². The van der Waals surface area contributed by atoms with E-state index in [4.69, 9.17) is 4.74 Å². The lowest BCUT2D eigenvalue weighted by atomic mass is 10.1. The summed E-state index contributed by atoms with van der Waals surface area (Å²) in [6.07, 6.45) is 3.50. The van der Waals surface area contributed by atoms with E-state index in [1.807, 2.05) is 29.2 Å². The van der Waals surface area contributed by atoms with Crippen molar-refractivity contribution in [1.29, 1.82) is 0 Å². The Kier molecular flexibility index (Phi) is 2.94. The highest BCUT2D eigenvalue weighted by atomic mass is 16.5. The number of carbonyl (C=O) groups excluding carboxylic acids is 1. The van der Waals surface area contributed by atoms with Gasteiger partial charge in [0.2, 0.25) is 0 Å². The summed E-state index contributed by atoms with van der Waals surface area (Å²) >= 11 is 0. The Bertz CT molecular complexity index is 572. The lowest BCUT2D eigenvalue weighted by molar-refractivity contribution is 0.0304. The molecule has 4 nitrogen and oxygen atoms in total. The third-order valence-corrected chi connectivity index (χ3v) is 3.21. The van der Waals surface area contributed by atoms with E-state index in [-0.39, 0.29) is 5.91 Å². The Balaban J connectivity index is 2.00. The smallest absolute Gasteiger partial charge is 0.254 e. The molecule has 0 N–H and O–H groups in total. The minimum Gasteiger partial charge on any atom is -0.378 e. The molecule has 2 aromatic rings. The Hall–Kier alpha value is -1.94. The number of hydrogen-bond acceptors (Lipinski definition) is 3. The Morgan fingerprint density at radius 3 is 2.89 bits per heavy atom. The average Bonchev–Trinajstić information content (AvgIpc) is 2.47. The van der Waals surface area contributed by atoms with Crippen LogP contribution in [0.3, 0.4) is 0 Å². The molecule has 1 aromatic heterocycles. The van der Waals surface area contributed by atoms with E-state index in [0.29, 0.717) is 26.3 Å². The number of amides is 1. The lowest BCUT2D eigenvalue weighted by Gasteiger charge is -2.27. The summed E-state index contributed by atoms with van der Waals surface area (Å²) in [5.41, 5.74) is 0.747. The normalized spacial score (nSPS) is 15.9. The Labute approximate surface area is 105 Å². The average molecular weight is 242 g/mol. The second-order valence-corrected chi connectivity index (χ2v) is 4.31. The first kappa shape index (κ1) is 11.2. The van der Waals surface area contributed by atoms with Crippen LogP contribution in [0.25, 0.3) is 10.8 Å². The van der Waals surface area contributed by atoms with Crippen LogP contribution < -0.4 is 0 Å². The summed E-state index contributed by atoms with van der Waals surface area (Å²) in [7, 11) is 0. The lowest BCUT2D eigenvalue weighted by Crippen LogP contribution is -2.40. The first-order chi connectivity index (χ1) is 8.86. The molecule has 1 amide bonds. The van der Waals surface area contributed by atoms with Crippen molar-refractivity contribution in [1.82, 2.24) is 9.88 Å². The number of ether oxygens (including phenoxy) is 1. The largest absolute Gasteiger partial charge is 0.378 e. The summed E-state index contributed by atoms with van der Waals surface area (Å²) in [4.78, 5) is 18.4. The van der Waals surface area contributed by atoms with E-state index in [1.165, 1.54) is 0 Å². The molecule has 2 heterocycles. The summed E-state index contributed by atoms with van der Waals surface area (Å²) in [6, 6.07) is 7.64. The molecule has 0 unspecified atom stereocenters. The molecule has 92 valence electrons. The molecule has 0 saturated carbocycles. The summed E-state index contributed by atoms with van der Waals surface area (Å²) < 4.78 is 5.27. The molecule has 18 heavy (non-hydrogen) atoms. The number of hydrogen-bond donors (Lipinski definition) is 0. The second kappa shape index (κ2) is 4.74. The monoisotopic (exact) mass is 242 g/mol. The van der Waals surface area contributed by atoms with Crippen LogP contribution in [0.2, 0.25) is 0 Å². The fourth-order valence-electron chi connectivity index (χ4n) is 2.25. The van der Waals surface area contributed by atoms with E-state index in [1.54, 1.807) is 12.4 Å². The molecule has 0 radical (unpaired) electrons. The SMILES string of the molecule is O=C(c1cccc2cnccc12)N1CCOCC1. The molecule has 0 aliphatic carbocycles. The zero-order valence-electron chi connectivity index (χ0n) is 10.0. The highest BCUT2D eigenvalue weighted by molar-refractivity contribution is 6.06. The van der Waals surface area contributed by atoms with Crippen LogP contribution in [0, 0.1) is 0 Å². The van der Waals surface area contributed by atoms with Crippen molar-refractivity contribution in [2.75, 3.05) is 26.3 Å². The Morgan fingerprint density at radius 1 is 1.22 bits per heavy atom. The van der Waals surface area contributed by atoms with Gasteiger partial charge in [-0.1, -0.05) is 12.1 Å². The molecule has 3 rings (SSSR count). The van der Waals surface area contributed by atoms with Crippen molar-refractivity contribution in [3.05, 3.63) is 42.2 Å². The third-order valence-electron chi connectivity index (χ3n) is 3.21. The van der Waals surface area contributed by atoms with E-state index in [0.717, 1.165) is 16.3 Å². The van der Waals surface area contributed by atoms with E-state index in [2.05, 4.69) is 4.98 Å². The van der Waals surface area contributed by atoms with Crippen molar-refractivity contribution in [2.45, 2.75) is 0 Å². The number of morpholine rings is 1. The maximum absolute atomic E-state index is 12.5. The van der Waals surface area contributed by atoms with Crippen LogP contribution >= 0.6 is 0 Å². The van der Waals surface area contributed by atoms with Crippen molar-refractivity contribution in [2.24, 2.45) is 0 Å². The number of rotatable bonds is 1. The zero-order chi connectivity index (χ0) is 12.4. The molecule has 4 heteroatoms. The van der Waals surface area contributed by atoms with Gasteiger partial charge in [0.05, 0.1) is 13.2 Å². The first-order valence-electron chi connectivity index (χ1n) is 6.06. The summed E-state index contributed by atoms with van der Waals surface area (Å²) in [6.45, 7) is 2.58. The van der Waals surface area contributed by atoms with Gasteiger partial charge in [-0.05, 0) is 17.5 Å². The quantitative estimate of drug-likeness (QED) is 0.764. The molecule has 0 bridgehead atoms. The maximum atomic E-state index is 12.5. The number of aromatic nitrogens is 1. The standard InChI is InChI=1S/C14H14N2O2/c17-14(16-6-8-18-9-7-16)13-3-1-2-11-10-15-5-4-12(11)13/h1-5,10H,6-9H2. The van der Waals surface area contributed by atoms with E-state index < -0.39 is 0 Å². The fraction of sp³-hybridized carbons (Fsp3) is 0.286. The molecule has 1 aromatic carbocycles. The Morgan fingerprint density at radius 2 is 2.06 bits per heavy atom. The van der Waals surface area contributed by atoms with Crippen LogP contribution in [-0.2, 0) is 4.74 Å². The summed E-state index contributed by atoms with van der Waals surface area (Å²) in [5.74, 6) is 0.0788. The second-order valence-electron chi connectivity index (χ2n) is 4.31. The molecule has 0 spiro atoms. The van der Waals surface area contributed by atoms with Crippen molar-refractivity contribution in [3.8, 4) is 0 Å². The predicted molar refractivity (Wildman–Crippen MR) is 68.5 cm³/mol. The van der Waals surface area contributed by atoms with Gasteiger partial charge in [0, 0.05) is 36.4 Å². The van der Waals surface area contributed by atoms with Gasteiger partial charge in [-0.15, -0.1) is 0 Å². The van der Waals surface area contributed by atoms with Gasteiger partial charge in [0.15, 0.2) is 0 Å². The molecule has 0 atom stereocenters. The molecule has 1 aliphatic heterocycles. The number of nitrogens with zero attached hydrogens (tertiary/aromatic N) is 2. The molecule has 1 fully saturated rings. The van der Waals surface area contributed by atoms with Gasteiger partial charge in [0.25, 0.3) is 5.91 Å². The molecule has 1 aliphatic rings. The van der Waals surface area contributed by atoms with Gasteiger partial charge in [-0.2, -0.15) is 0 Å². The fourth-order valence-corrected chi connectivity index (χ4v) is 2.25. The number of benzene rings is 1. The van der Waals surface area contributed by atoms with Crippen molar-refractivity contribution in [3.63, 3.8) is 0 Å². The minimum atomic E-state index is 0.0788. The highest BCUT2D eigenvalue weighted by Gasteiger charge is 2.19. The van der Waals surface area contributed by atoms with E-state index >= 15 is 0 Å². The van der Waals surface area contributed by atoms with Crippen LogP contribution in [0.15, 0.2) is 36.7 Å². The number of carbonyl (C=O) groups is 1. The molecular formula is C14H14N2O2. The predicted octanol–water partition coefficient (Wildman–Crippen LogP) is 1.71. The van der Waals surface area contributed by atoms with Crippen LogP contribution in [0.5, 0.6) is 0 Å². The zero-order valence-corrected chi connectivity index (χ0v) is 10.0.